The van der Waals surface area contributed by atoms with Gasteiger partial charge in [-0.15, -0.1) is 0 Å². The van der Waals surface area contributed by atoms with Crippen molar-refractivity contribution in [2.75, 3.05) is 49.2 Å². The largest absolute Gasteiger partial charge is 0.442 e. The first kappa shape index (κ1) is 20.9. The van der Waals surface area contributed by atoms with E-state index in [4.69, 9.17) is 14.2 Å². The molecule has 164 valence electrons. The maximum absolute atomic E-state index is 14.9. The summed E-state index contributed by atoms with van der Waals surface area (Å²) in [4.78, 5) is 26.6. The lowest BCUT2D eigenvalue weighted by atomic mass is 9.89. The number of rotatable bonds is 5. The highest BCUT2D eigenvalue weighted by Gasteiger charge is 2.41. The molecule has 3 aliphatic rings. The van der Waals surface area contributed by atoms with Gasteiger partial charge in [0.1, 0.15) is 11.9 Å². The minimum absolute atomic E-state index is 0.191. The molecule has 4 rings (SSSR count). The average molecular weight is 421 g/mol. The standard InChI is InChI=1S/C21H28FN3O5/c1-14(26)23-12-17-13-25(20(27)30-17)16-3-4-19(18(22)11-16)24-7-5-15(6-8-24)21(2)28-9-10-29-21/h3-4,11,15,17H,5-10,12-13H2,1-2H3,(H,23,26)/t17-/m0/s1. The third-order valence-corrected chi connectivity index (χ3v) is 6.13. The number of amides is 2. The second kappa shape index (κ2) is 8.39. The van der Waals surface area contributed by atoms with Crippen molar-refractivity contribution in [3.05, 3.63) is 24.0 Å². The Morgan fingerprint density at radius 3 is 2.60 bits per heavy atom. The van der Waals surface area contributed by atoms with Crippen LogP contribution in [0.2, 0.25) is 0 Å². The fraction of sp³-hybridized carbons (Fsp3) is 0.619. The summed E-state index contributed by atoms with van der Waals surface area (Å²) in [7, 11) is 0. The van der Waals surface area contributed by atoms with Gasteiger partial charge in [-0.25, -0.2) is 9.18 Å². The quantitative estimate of drug-likeness (QED) is 0.786. The number of hydrogen-bond acceptors (Lipinski definition) is 6. The fourth-order valence-corrected chi connectivity index (χ4v) is 4.43. The molecule has 1 atom stereocenters. The van der Waals surface area contributed by atoms with Crippen LogP contribution < -0.4 is 15.1 Å². The zero-order valence-corrected chi connectivity index (χ0v) is 17.4. The lowest BCUT2D eigenvalue weighted by molar-refractivity contribution is -0.185. The maximum atomic E-state index is 14.9. The average Bonchev–Trinajstić information content (AvgIpc) is 3.33. The van der Waals surface area contributed by atoms with Crippen LogP contribution in [0.3, 0.4) is 0 Å². The van der Waals surface area contributed by atoms with Crippen LogP contribution in [0.1, 0.15) is 26.7 Å². The van der Waals surface area contributed by atoms with Crippen molar-refractivity contribution >= 4 is 23.4 Å². The molecule has 0 aliphatic carbocycles. The van der Waals surface area contributed by atoms with Crippen molar-refractivity contribution in [2.24, 2.45) is 5.92 Å². The summed E-state index contributed by atoms with van der Waals surface area (Å²) >= 11 is 0. The number of ether oxygens (including phenoxy) is 3. The molecule has 3 heterocycles. The Kier molecular flexibility index (Phi) is 5.84. The van der Waals surface area contributed by atoms with Crippen LogP contribution in [-0.4, -0.2) is 63.3 Å². The lowest BCUT2D eigenvalue weighted by Crippen LogP contribution is -2.44. The number of benzene rings is 1. The van der Waals surface area contributed by atoms with Crippen LogP contribution in [0.5, 0.6) is 0 Å². The second-order valence-electron chi connectivity index (χ2n) is 8.16. The van der Waals surface area contributed by atoms with Crippen LogP contribution in [0.15, 0.2) is 18.2 Å². The molecular formula is C21H28FN3O5. The summed E-state index contributed by atoms with van der Waals surface area (Å²) in [5.74, 6) is -0.802. The first-order valence-corrected chi connectivity index (χ1v) is 10.4. The van der Waals surface area contributed by atoms with Gasteiger partial charge in [0, 0.05) is 25.9 Å². The SMILES string of the molecule is CC(=O)NC[C@H]1CN(c2ccc(N3CCC(C4(C)OCCO4)CC3)c(F)c2)C(=O)O1. The topological polar surface area (TPSA) is 80.3 Å². The third kappa shape index (κ3) is 4.22. The Balaban J connectivity index is 1.38. The molecule has 0 saturated carbocycles. The minimum atomic E-state index is -0.539. The second-order valence-corrected chi connectivity index (χ2v) is 8.16. The number of carbonyl (C=O) groups excluding carboxylic acids is 2. The van der Waals surface area contributed by atoms with Gasteiger partial charge in [0.25, 0.3) is 0 Å². The van der Waals surface area contributed by atoms with E-state index in [0.29, 0.717) is 43.6 Å². The molecule has 0 aromatic heterocycles. The van der Waals surface area contributed by atoms with Gasteiger partial charge in [-0.1, -0.05) is 0 Å². The van der Waals surface area contributed by atoms with Gasteiger partial charge >= 0.3 is 6.09 Å². The van der Waals surface area contributed by atoms with Crippen LogP contribution in [0.25, 0.3) is 0 Å². The Bertz CT molecular complexity index is 806. The monoisotopic (exact) mass is 421 g/mol. The van der Waals surface area contributed by atoms with Gasteiger partial charge in [0.05, 0.1) is 37.7 Å². The summed E-state index contributed by atoms with van der Waals surface area (Å²) in [5.41, 5.74) is 0.972. The van der Waals surface area contributed by atoms with Gasteiger partial charge in [0.15, 0.2) is 5.79 Å². The van der Waals surface area contributed by atoms with Crippen molar-refractivity contribution in [2.45, 2.75) is 38.6 Å². The third-order valence-electron chi connectivity index (χ3n) is 6.13. The molecule has 8 nitrogen and oxygen atoms in total. The van der Waals surface area contributed by atoms with E-state index in [1.165, 1.54) is 17.9 Å². The Morgan fingerprint density at radius 1 is 1.27 bits per heavy atom. The zero-order chi connectivity index (χ0) is 21.3. The van der Waals surface area contributed by atoms with Crippen LogP contribution in [-0.2, 0) is 19.0 Å². The fourth-order valence-electron chi connectivity index (χ4n) is 4.43. The number of carbonyl (C=O) groups is 2. The molecule has 1 aromatic carbocycles. The maximum Gasteiger partial charge on any atom is 0.414 e. The highest BCUT2D eigenvalue weighted by atomic mass is 19.1. The molecule has 3 saturated heterocycles. The number of anilines is 2. The van der Waals surface area contributed by atoms with E-state index in [0.717, 1.165) is 12.8 Å². The highest BCUT2D eigenvalue weighted by molar-refractivity contribution is 5.90. The predicted octanol–water partition coefficient (Wildman–Crippen LogP) is 2.27. The molecule has 3 fully saturated rings. The van der Waals surface area contributed by atoms with Crippen LogP contribution in [0.4, 0.5) is 20.6 Å². The van der Waals surface area contributed by atoms with E-state index < -0.39 is 18.0 Å². The van der Waals surface area contributed by atoms with E-state index in [9.17, 15) is 14.0 Å². The zero-order valence-electron chi connectivity index (χ0n) is 17.4. The molecule has 1 aromatic rings. The van der Waals surface area contributed by atoms with E-state index in [-0.39, 0.29) is 24.8 Å². The number of piperidine rings is 1. The number of cyclic esters (lactones) is 1. The normalized spacial score (nSPS) is 24.2. The predicted molar refractivity (Wildman–Crippen MR) is 108 cm³/mol. The number of hydrogen-bond donors (Lipinski definition) is 1. The molecule has 30 heavy (non-hydrogen) atoms. The molecule has 0 radical (unpaired) electrons. The summed E-state index contributed by atoms with van der Waals surface area (Å²) in [6.07, 6.45) is 0.731. The van der Waals surface area contributed by atoms with Crippen LogP contribution in [0, 0.1) is 11.7 Å². The first-order valence-electron chi connectivity index (χ1n) is 10.4. The van der Waals surface area contributed by atoms with Crippen molar-refractivity contribution in [3.8, 4) is 0 Å². The van der Waals surface area contributed by atoms with Gasteiger partial charge in [-0.05, 0) is 38.0 Å². The van der Waals surface area contributed by atoms with Crippen molar-refractivity contribution < 1.29 is 28.2 Å². The van der Waals surface area contributed by atoms with Crippen molar-refractivity contribution in [3.63, 3.8) is 0 Å². The molecule has 0 bridgehead atoms. The van der Waals surface area contributed by atoms with Gasteiger partial charge in [-0.3, -0.25) is 9.69 Å². The van der Waals surface area contributed by atoms with E-state index in [1.54, 1.807) is 12.1 Å². The summed E-state index contributed by atoms with van der Waals surface area (Å²) in [5, 5.41) is 2.63. The first-order chi connectivity index (χ1) is 14.4. The molecule has 1 N–H and O–H groups in total. The molecular weight excluding hydrogens is 393 g/mol. The molecule has 0 spiro atoms. The van der Waals surface area contributed by atoms with Gasteiger partial charge in [0.2, 0.25) is 5.91 Å². The van der Waals surface area contributed by atoms with E-state index >= 15 is 0 Å². The summed E-state index contributed by atoms with van der Waals surface area (Å²) in [6, 6.07) is 4.81. The number of nitrogens with one attached hydrogen (secondary N) is 1. The molecule has 9 heteroatoms. The lowest BCUT2D eigenvalue weighted by Gasteiger charge is -2.40. The smallest absolute Gasteiger partial charge is 0.414 e. The van der Waals surface area contributed by atoms with E-state index in [2.05, 4.69) is 5.32 Å². The Labute approximate surface area is 175 Å². The molecule has 3 aliphatic heterocycles. The summed E-state index contributed by atoms with van der Waals surface area (Å²) in [6.45, 7) is 6.57. The van der Waals surface area contributed by atoms with Gasteiger partial charge in [-0.2, -0.15) is 0 Å². The Hall–Kier alpha value is -2.39. The van der Waals surface area contributed by atoms with E-state index in [1.807, 2.05) is 11.8 Å². The number of halogens is 1. The Morgan fingerprint density at radius 2 is 1.97 bits per heavy atom. The van der Waals surface area contributed by atoms with Crippen molar-refractivity contribution in [1.82, 2.24) is 5.32 Å². The molecule has 0 unspecified atom stereocenters. The number of nitrogens with zero attached hydrogens (tertiary/aromatic N) is 2. The minimum Gasteiger partial charge on any atom is -0.442 e. The van der Waals surface area contributed by atoms with Gasteiger partial charge < -0.3 is 24.4 Å². The molecule has 2 amide bonds. The highest BCUT2D eigenvalue weighted by Crippen LogP contribution is 2.37. The summed E-state index contributed by atoms with van der Waals surface area (Å²) < 4.78 is 31.7. The van der Waals surface area contributed by atoms with Crippen LogP contribution >= 0.6 is 0 Å². The van der Waals surface area contributed by atoms with Crippen molar-refractivity contribution in [1.29, 1.82) is 0 Å².